The highest BCUT2D eigenvalue weighted by molar-refractivity contribution is 7.45. The van der Waals surface area contributed by atoms with Crippen molar-refractivity contribution in [2.45, 2.75) is 167 Å². The normalized spacial score (nSPS) is 15.3. The van der Waals surface area contributed by atoms with Gasteiger partial charge in [0.1, 0.15) is 19.8 Å². The number of unbranched alkanes of at least 4 members (excludes halogenated alkanes) is 14. The molecular formula is C43H78NO10P. The zero-order chi connectivity index (χ0) is 41.0. The summed E-state index contributed by atoms with van der Waals surface area (Å²) < 4.78 is 33.6. The molecule has 12 heteroatoms. The molecule has 0 aromatic rings. The van der Waals surface area contributed by atoms with Crippen molar-refractivity contribution in [1.82, 2.24) is 0 Å². The number of carbonyl (C=O) groups is 2. The Bertz CT molecular complexity index is 1120. The Morgan fingerprint density at radius 2 is 1.22 bits per heavy atom. The third-order valence-corrected chi connectivity index (χ3v) is 9.76. The number of carbonyl (C=O) groups excluding carboxylic acids is 2. The fraction of sp³-hybridized carbons (Fsp3) is 0.767. The lowest BCUT2D eigenvalue weighted by Crippen LogP contribution is -2.37. The third kappa shape index (κ3) is 38.5. The number of ether oxygens (including phenoxy) is 2. The van der Waals surface area contributed by atoms with E-state index in [1.807, 2.05) is 27.2 Å². The van der Waals surface area contributed by atoms with Crippen molar-refractivity contribution in [2.24, 2.45) is 0 Å². The molecule has 0 aromatic heterocycles. The van der Waals surface area contributed by atoms with E-state index in [2.05, 4.69) is 19.9 Å². The van der Waals surface area contributed by atoms with Gasteiger partial charge in [0.15, 0.2) is 6.10 Å². The van der Waals surface area contributed by atoms with E-state index in [0.29, 0.717) is 36.7 Å². The summed E-state index contributed by atoms with van der Waals surface area (Å²) in [7, 11) is 1.01. The molecule has 1 unspecified atom stereocenters. The third-order valence-electron chi connectivity index (χ3n) is 8.79. The molecule has 0 fully saturated rings. The van der Waals surface area contributed by atoms with E-state index in [0.717, 1.165) is 25.7 Å². The van der Waals surface area contributed by atoms with Crippen molar-refractivity contribution in [1.29, 1.82) is 0 Å². The van der Waals surface area contributed by atoms with Gasteiger partial charge >= 0.3 is 11.9 Å². The number of quaternary nitrogens is 1. The molecular weight excluding hydrogens is 721 g/mol. The first-order chi connectivity index (χ1) is 26.3. The lowest BCUT2D eigenvalue weighted by atomic mass is 10.0. The standard InChI is InChI=1S/C43H78NO10P/c1-6-8-10-12-14-15-16-17-18-19-21-27-33-42(47)51-37-41(38-53-55(49,50)52-36-35-44(3,4)5)54-43(48)34-28-32-40(46)31-26-23-22-25-30-39(45)29-24-20-13-11-9-7-2/h20,22-26,30-31,39-41,45-46H,6-19,21,27-29,32-38H2,1-5H3/b23-22+,24-20-,30-25+,31-26-/t39-,40-,41+/m0/s1. The van der Waals surface area contributed by atoms with Crippen LogP contribution in [0.3, 0.4) is 0 Å². The highest BCUT2D eigenvalue weighted by Gasteiger charge is 2.22. The van der Waals surface area contributed by atoms with Crippen LogP contribution in [0.4, 0.5) is 0 Å². The van der Waals surface area contributed by atoms with Crippen LogP contribution in [0.2, 0.25) is 0 Å². The Kier molecular flexibility index (Phi) is 33.7. The van der Waals surface area contributed by atoms with Gasteiger partial charge in [0, 0.05) is 12.8 Å². The fourth-order valence-corrected chi connectivity index (χ4v) is 6.11. The van der Waals surface area contributed by atoms with Crippen molar-refractivity contribution in [3.8, 4) is 0 Å². The summed E-state index contributed by atoms with van der Waals surface area (Å²) >= 11 is 0. The Balaban J connectivity index is 4.68. The number of hydrogen-bond donors (Lipinski definition) is 2. The summed E-state index contributed by atoms with van der Waals surface area (Å²) in [4.78, 5) is 37.5. The quantitative estimate of drug-likeness (QED) is 0.0156. The highest BCUT2D eigenvalue weighted by Crippen LogP contribution is 2.38. The summed E-state index contributed by atoms with van der Waals surface area (Å²) in [6.07, 6.45) is 32.0. The summed E-state index contributed by atoms with van der Waals surface area (Å²) in [6.45, 7) is 3.85. The lowest BCUT2D eigenvalue weighted by molar-refractivity contribution is -0.870. The van der Waals surface area contributed by atoms with Gasteiger partial charge in [-0.1, -0.05) is 146 Å². The molecule has 0 spiro atoms. The number of phosphoric acid groups is 1. The van der Waals surface area contributed by atoms with Crippen LogP contribution in [0.15, 0.2) is 48.6 Å². The van der Waals surface area contributed by atoms with E-state index in [-0.39, 0.29) is 26.1 Å². The van der Waals surface area contributed by atoms with Gasteiger partial charge in [-0.3, -0.25) is 14.2 Å². The number of rotatable bonds is 37. The first kappa shape index (κ1) is 52.9. The van der Waals surface area contributed by atoms with Gasteiger partial charge in [0.2, 0.25) is 0 Å². The zero-order valence-electron chi connectivity index (χ0n) is 35.1. The van der Waals surface area contributed by atoms with Gasteiger partial charge in [-0.2, -0.15) is 0 Å². The Morgan fingerprint density at radius 3 is 1.82 bits per heavy atom. The molecule has 0 aromatic carbocycles. The molecule has 2 N–H and O–H groups in total. The number of allylic oxidation sites excluding steroid dienone is 5. The van der Waals surface area contributed by atoms with Crippen LogP contribution < -0.4 is 4.89 Å². The molecule has 0 heterocycles. The number of likely N-dealkylation sites (N-methyl/N-ethyl adjacent to an activating group) is 1. The van der Waals surface area contributed by atoms with Crippen molar-refractivity contribution in [3.05, 3.63) is 48.6 Å². The van der Waals surface area contributed by atoms with E-state index < -0.39 is 44.7 Å². The molecule has 0 rings (SSSR count). The maximum absolute atomic E-state index is 12.7. The average Bonchev–Trinajstić information content (AvgIpc) is 3.12. The molecule has 320 valence electrons. The van der Waals surface area contributed by atoms with E-state index in [1.165, 1.54) is 70.6 Å². The van der Waals surface area contributed by atoms with Crippen molar-refractivity contribution >= 4 is 19.8 Å². The van der Waals surface area contributed by atoms with Crippen molar-refractivity contribution in [2.75, 3.05) is 47.5 Å². The van der Waals surface area contributed by atoms with Crippen LogP contribution in [0, 0.1) is 0 Å². The molecule has 0 saturated heterocycles. The van der Waals surface area contributed by atoms with Crippen LogP contribution >= 0.6 is 7.82 Å². The number of aliphatic hydroxyl groups is 2. The van der Waals surface area contributed by atoms with Gasteiger partial charge in [-0.25, -0.2) is 0 Å². The minimum Gasteiger partial charge on any atom is -0.756 e. The van der Waals surface area contributed by atoms with Crippen LogP contribution in [0.5, 0.6) is 0 Å². The maximum Gasteiger partial charge on any atom is 0.306 e. The smallest absolute Gasteiger partial charge is 0.306 e. The van der Waals surface area contributed by atoms with E-state index >= 15 is 0 Å². The first-order valence-corrected chi connectivity index (χ1v) is 22.5. The maximum atomic E-state index is 12.7. The molecule has 55 heavy (non-hydrogen) atoms. The minimum absolute atomic E-state index is 0.0350. The van der Waals surface area contributed by atoms with Crippen molar-refractivity contribution < 1.29 is 52.3 Å². The molecule has 0 aliphatic carbocycles. The Hall–Kier alpha value is -2.11. The monoisotopic (exact) mass is 800 g/mol. The van der Waals surface area contributed by atoms with E-state index in [9.17, 15) is 29.3 Å². The minimum atomic E-state index is -4.69. The molecule has 0 radical (unpaired) electrons. The SMILES string of the molecule is CCCCC/C=C\C[C@H](O)/C=C/C=C/C=C\[C@H](O)CCCC(=O)O[C@H](COC(=O)CCCCCCCCCCCCCC)COP(=O)([O-])OCC[N+](C)(C)C. The topological polar surface area (TPSA) is 152 Å². The summed E-state index contributed by atoms with van der Waals surface area (Å²) in [5, 5.41) is 20.3. The van der Waals surface area contributed by atoms with Crippen LogP contribution in [0.1, 0.15) is 149 Å². The number of esters is 2. The predicted molar refractivity (Wildman–Crippen MR) is 220 cm³/mol. The van der Waals surface area contributed by atoms with Gasteiger partial charge in [-0.15, -0.1) is 0 Å². The number of nitrogens with zero attached hydrogens (tertiary/aromatic N) is 1. The Labute approximate surface area is 334 Å². The van der Waals surface area contributed by atoms with Crippen LogP contribution in [-0.4, -0.2) is 92.5 Å². The van der Waals surface area contributed by atoms with Gasteiger partial charge in [0.05, 0.1) is 40.0 Å². The van der Waals surface area contributed by atoms with E-state index in [4.69, 9.17) is 18.5 Å². The second-order valence-electron chi connectivity index (χ2n) is 15.4. The predicted octanol–water partition coefficient (Wildman–Crippen LogP) is 8.83. The van der Waals surface area contributed by atoms with Crippen LogP contribution in [-0.2, 0) is 32.7 Å². The second kappa shape index (κ2) is 35.1. The fourth-order valence-electron chi connectivity index (χ4n) is 5.38. The molecule has 0 saturated carbocycles. The highest BCUT2D eigenvalue weighted by atomic mass is 31.2. The molecule has 4 atom stereocenters. The van der Waals surface area contributed by atoms with E-state index in [1.54, 1.807) is 36.5 Å². The molecule has 0 aliphatic heterocycles. The summed E-state index contributed by atoms with van der Waals surface area (Å²) in [6, 6.07) is 0. The largest absolute Gasteiger partial charge is 0.756 e. The van der Waals surface area contributed by atoms with Crippen molar-refractivity contribution in [3.63, 3.8) is 0 Å². The second-order valence-corrected chi connectivity index (χ2v) is 16.8. The number of aliphatic hydroxyl groups excluding tert-OH is 2. The van der Waals surface area contributed by atoms with Gasteiger partial charge in [-0.05, 0) is 38.5 Å². The zero-order valence-corrected chi connectivity index (χ0v) is 36.0. The first-order valence-electron chi connectivity index (χ1n) is 21.1. The summed E-state index contributed by atoms with van der Waals surface area (Å²) in [5.74, 6) is -1.08. The number of hydrogen-bond acceptors (Lipinski definition) is 10. The molecule has 0 bridgehead atoms. The summed E-state index contributed by atoms with van der Waals surface area (Å²) in [5.41, 5.74) is 0. The molecule has 0 amide bonds. The van der Waals surface area contributed by atoms with Crippen LogP contribution in [0.25, 0.3) is 0 Å². The molecule has 11 nitrogen and oxygen atoms in total. The average molecular weight is 800 g/mol. The molecule has 0 aliphatic rings. The van der Waals surface area contributed by atoms with Gasteiger partial charge < -0.3 is 38.1 Å². The lowest BCUT2D eigenvalue weighted by Gasteiger charge is -2.28. The Morgan fingerprint density at radius 1 is 0.673 bits per heavy atom. The van der Waals surface area contributed by atoms with Gasteiger partial charge in [0.25, 0.3) is 7.82 Å². The number of phosphoric ester groups is 1.